The Kier molecular flexibility index (Phi) is 7.14. The molecule has 1 aliphatic heterocycles. The first-order valence-electron chi connectivity index (χ1n) is 9.87. The largest absolute Gasteiger partial charge is 0.497 e. The van der Waals surface area contributed by atoms with E-state index in [-0.39, 0.29) is 11.6 Å². The number of ether oxygens (including phenoxy) is 1. The maximum absolute atomic E-state index is 12.9. The minimum Gasteiger partial charge on any atom is -0.497 e. The van der Waals surface area contributed by atoms with Gasteiger partial charge < -0.3 is 15.2 Å². The summed E-state index contributed by atoms with van der Waals surface area (Å²) < 4.78 is 38.5. The number of aromatic nitrogens is 2. The van der Waals surface area contributed by atoms with E-state index in [1.807, 2.05) is 48.5 Å². The number of benzene rings is 2. The van der Waals surface area contributed by atoms with Gasteiger partial charge in [0.1, 0.15) is 5.75 Å². The first-order valence-corrected chi connectivity index (χ1v) is 9.87. The highest BCUT2D eigenvalue weighted by atomic mass is 19.4. The third-order valence-electron chi connectivity index (χ3n) is 5.02. The first kappa shape index (κ1) is 23.3. The van der Waals surface area contributed by atoms with E-state index in [9.17, 15) is 18.0 Å². The average molecular weight is 449 g/mol. The van der Waals surface area contributed by atoms with E-state index in [2.05, 4.69) is 5.32 Å². The Hall–Kier alpha value is -3.40. The van der Waals surface area contributed by atoms with E-state index in [1.54, 1.807) is 11.8 Å². The van der Waals surface area contributed by atoms with Crippen LogP contribution in [0.25, 0.3) is 10.8 Å². The number of hydrogen-bond acceptors (Lipinski definition) is 5. The predicted octanol–water partition coefficient (Wildman–Crippen LogP) is 3.51. The molecule has 1 aromatic heterocycles. The summed E-state index contributed by atoms with van der Waals surface area (Å²) in [6.45, 7) is 1.45. The van der Waals surface area contributed by atoms with Gasteiger partial charge in [-0.3, -0.25) is 4.79 Å². The lowest BCUT2D eigenvalue weighted by Crippen LogP contribution is -2.27. The molecule has 4 rings (SSSR count). The molecule has 7 nitrogen and oxygen atoms in total. The molecular formula is C22H22F3N3O4. The predicted molar refractivity (Wildman–Crippen MR) is 112 cm³/mol. The number of nitrogens with zero attached hydrogens (tertiary/aromatic N) is 2. The van der Waals surface area contributed by atoms with Crippen LogP contribution in [-0.4, -0.2) is 40.7 Å². The third-order valence-corrected chi connectivity index (χ3v) is 5.02. The normalized spacial score (nSPS) is 15.8. The van der Waals surface area contributed by atoms with Crippen molar-refractivity contribution in [3.05, 3.63) is 70.1 Å². The maximum Gasteiger partial charge on any atom is 0.490 e. The van der Waals surface area contributed by atoms with Crippen molar-refractivity contribution >= 4 is 16.7 Å². The van der Waals surface area contributed by atoms with E-state index < -0.39 is 12.1 Å². The summed E-state index contributed by atoms with van der Waals surface area (Å²) in [5, 5.41) is 17.0. The maximum atomic E-state index is 12.9. The smallest absolute Gasteiger partial charge is 0.490 e. The van der Waals surface area contributed by atoms with Crippen LogP contribution in [0.15, 0.2) is 53.3 Å². The lowest BCUT2D eigenvalue weighted by atomic mass is 10.0. The van der Waals surface area contributed by atoms with Gasteiger partial charge in [0.05, 0.1) is 30.8 Å². The lowest BCUT2D eigenvalue weighted by molar-refractivity contribution is -0.192. The fourth-order valence-corrected chi connectivity index (χ4v) is 3.45. The molecule has 0 aliphatic carbocycles. The second-order valence-corrected chi connectivity index (χ2v) is 7.19. The quantitative estimate of drug-likeness (QED) is 0.633. The van der Waals surface area contributed by atoms with Gasteiger partial charge in [-0.15, -0.1) is 0 Å². The van der Waals surface area contributed by atoms with E-state index in [1.165, 1.54) is 0 Å². The zero-order valence-corrected chi connectivity index (χ0v) is 17.2. The molecule has 3 aromatic rings. The molecule has 1 saturated heterocycles. The van der Waals surface area contributed by atoms with Gasteiger partial charge in [0.25, 0.3) is 5.56 Å². The van der Waals surface area contributed by atoms with Crippen LogP contribution in [-0.2, 0) is 11.3 Å². The fourth-order valence-electron chi connectivity index (χ4n) is 3.45. The summed E-state index contributed by atoms with van der Waals surface area (Å²) in [5.41, 5.74) is 1.95. The molecule has 1 atom stereocenters. The molecule has 0 saturated carbocycles. The van der Waals surface area contributed by atoms with Gasteiger partial charge in [-0.1, -0.05) is 30.3 Å². The molecule has 1 unspecified atom stereocenters. The summed E-state index contributed by atoms with van der Waals surface area (Å²) in [6.07, 6.45) is -2.89. The van der Waals surface area contributed by atoms with Crippen molar-refractivity contribution in [1.29, 1.82) is 0 Å². The monoisotopic (exact) mass is 449 g/mol. The van der Waals surface area contributed by atoms with Crippen LogP contribution in [0.4, 0.5) is 13.2 Å². The molecule has 0 bridgehead atoms. The van der Waals surface area contributed by atoms with Crippen LogP contribution in [0.5, 0.6) is 5.75 Å². The second-order valence-electron chi connectivity index (χ2n) is 7.19. The molecule has 1 fully saturated rings. The van der Waals surface area contributed by atoms with Crippen LogP contribution in [0.1, 0.15) is 30.1 Å². The number of methoxy groups -OCH3 is 1. The molecule has 1 aliphatic rings. The van der Waals surface area contributed by atoms with Gasteiger partial charge in [0.2, 0.25) is 0 Å². The zero-order valence-electron chi connectivity index (χ0n) is 17.2. The summed E-state index contributed by atoms with van der Waals surface area (Å²) >= 11 is 0. The standard InChI is InChI=1S/C20H21N3O2.C2HF3O2/c1-25-15-10-8-14(9-11-15)13-23-20(24)17-6-3-2-5-16(17)19(22-23)18-7-4-12-21-18;3-2(4,5)1(6)7/h2-3,5-6,8-11,18,21H,4,7,12-13H2,1H3;(H,6,7). The Balaban J connectivity index is 0.000000360. The fraction of sp³-hybridized carbons (Fsp3) is 0.318. The Bertz CT molecular complexity index is 1140. The summed E-state index contributed by atoms with van der Waals surface area (Å²) in [6, 6.07) is 15.7. The molecule has 2 aromatic carbocycles. The van der Waals surface area contributed by atoms with Crippen LogP contribution in [0, 0.1) is 0 Å². The van der Waals surface area contributed by atoms with Crippen molar-refractivity contribution in [3.8, 4) is 5.75 Å². The Morgan fingerprint density at radius 3 is 2.34 bits per heavy atom. The number of alkyl halides is 3. The van der Waals surface area contributed by atoms with E-state index >= 15 is 0 Å². The zero-order chi connectivity index (χ0) is 23.3. The number of rotatable bonds is 4. The number of hydrogen-bond donors (Lipinski definition) is 2. The van der Waals surface area contributed by atoms with Crippen molar-refractivity contribution in [3.63, 3.8) is 0 Å². The van der Waals surface area contributed by atoms with Crippen LogP contribution in [0.3, 0.4) is 0 Å². The number of aliphatic carboxylic acids is 1. The molecule has 170 valence electrons. The number of halogens is 3. The molecule has 32 heavy (non-hydrogen) atoms. The lowest BCUT2D eigenvalue weighted by Gasteiger charge is -2.15. The van der Waals surface area contributed by atoms with E-state index in [0.717, 1.165) is 47.2 Å². The number of fused-ring (bicyclic) bond motifs is 1. The van der Waals surface area contributed by atoms with Gasteiger partial charge in [0, 0.05) is 5.39 Å². The molecular weight excluding hydrogens is 427 g/mol. The van der Waals surface area contributed by atoms with Gasteiger partial charge in [-0.25, -0.2) is 9.48 Å². The van der Waals surface area contributed by atoms with Gasteiger partial charge >= 0.3 is 12.1 Å². The number of carboxylic acids is 1. The van der Waals surface area contributed by atoms with Crippen LogP contribution < -0.4 is 15.6 Å². The SMILES string of the molecule is COc1ccc(Cn2nc(C3CCCN3)c3ccccc3c2=O)cc1.O=C(O)C(F)(F)F. The van der Waals surface area contributed by atoms with Gasteiger partial charge in [0.15, 0.2) is 0 Å². The molecule has 2 heterocycles. The summed E-state index contributed by atoms with van der Waals surface area (Å²) in [4.78, 5) is 21.8. The highest BCUT2D eigenvalue weighted by molar-refractivity contribution is 5.84. The summed E-state index contributed by atoms with van der Waals surface area (Å²) in [7, 11) is 1.64. The van der Waals surface area contributed by atoms with Crippen molar-refractivity contribution in [1.82, 2.24) is 15.1 Å². The van der Waals surface area contributed by atoms with Crippen molar-refractivity contribution in [2.24, 2.45) is 0 Å². The minimum atomic E-state index is -5.08. The highest BCUT2D eigenvalue weighted by Crippen LogP contribution is 2.26. The highest BCUT2D eigenvalue weighted by Gasteiger charge is 2.38. The third kappa shape index (κ3) is 5.44. The van der Waals surface area contributed by atoms with Gasteiger partial charge in [-0.05, 0) is 43.1 Å². The average Bonchev–Trinajstić information content (AvgIpc) is 3.31. The van der Waals surface area contributed by atoms with E-state index in [4.69, 9.17) is 19.7 Å². The molecule has 0 spiro atoms. The molecule has 2 N–H and O–H groups in total. The Morgan fingerprint density at radius 1 is 1.19 bits per heavy atom. The van der Waals surface area contributed by atoms with Crippen LogP contribution >= 0.6 is 0 Å². The first-order chi connectivity index (χ1) is 15.2. The number of nitrogens with one attached hydrogen (secondary N) is 1. The Morgan fingerprint density at radius 2 is 1.81 bits per heavy atom. The van der Waals surface area contributed by atoms with Crippen LogP contribution in [0.2, 0.25) is 0 Å². The second kappa shape index (κ2) is 9.82. The molecule has 0 amide bonds. The minimum absolute atomic E-state index is 0.0480. The van der Waals surface area contributed by atoms with Crippen molar-refractivity contribution in [2.45, 2.75) is 31.6 Å². The number of carbonyl (C=O) groups is 1. The Labute approximate surface area is 181 Å². The van der Waals surface area contributed by atoms with Crippen molar-refractivity contribution < 1.29 is 27.8 Å². The van der Waals surface area contributed by atoms with Crippen molar-refractivity contribution in [2.75, 3.05) is 13.7 Å². The molecule has 10 heteroatoms. The summed E-state index contributed by atoms with van der Waals surface area (Å²) in [5.74, 6) is -1.95. The van der Waals surface area contributed by atoms with Gasteiger partial charge in [-0.2, -0.15) is 18.3 Å². The topological polar surface area (TPSA) is 93.5 Å². The molecule has 0 radical (unpaired) electrons. The van der Waals surface area contributed by atoms with E-state index in [0.29, 0.717) is 6.54 Å². The number of carboxylic acid groups (broad SMARTS) is 1.